The zero-order valence-corrected chi connectivity index (χ0v) is 23.0. The summed E-state index contributed by atoms with van der Waals surface area (Å²) in [5.74, 6) is -1.81. The van der Waals surface area contributed by atoms with Crippen molar-refractivity contribution in [3.63, 3.8) is 0 Å². The molecule has 0 heterocycles. The highest BCUT2D eigenvalue weighted by atomic mass is 16.5. The molecule has 3 aromatic carbocycles. The minimum absolute atomic E-state index is 0.0983. The molecule has 0 spiro atoms. The summed E-state index contributed by atoms with van der Waals surface area (Å²) in [5, 5.41) is 14.8. The molecule has 3 atom stereocenters. The van der Waals surface area contributed by atoms with Gasteiger partial charge in [-0.05, 0) is 40.7 Å². The van der Waals surface area contributed by atoms with Crippen LogP contribution in [0.3, 0.4) is 0 Å². The van der Waals surface area contributed by atoms with Crippen molar-refractivity contribution in [3.8, 4) is 11.1 Å². The minimum atomic E-state index is -1.10. The lowest BCUT2D eigenvalue weighted by molar-refractivity contribution is -0.138. The van der Waals surface area contributed by atoms with Crippen molar-refractivity contribution < 1.29 is 29.0 Å². The van der Waals surface area contributed by atoms with E-state index in [4.69, 9.17) is 9.47 Å². The van der Waals surface area contributed by atoms with Gasteiger partial charge in [-0.15, -0.1) is 0 Å². The molecular weight excluding hydrogens is 508 g/mol. The van der Waals surface area contributed by atoms with Gasteiger partial charge in [0.15, 0.2) is 0 Å². The van der Waals surface area contributed by atoms with E-state index < -0.39 is 36.2 Å². The van der Waals surface area contributed by atoms with Crippen LogP contribution in [-0.2, 0) is 25.7 Å². The second kappa shape index (κ2) is 13.3. The number of carbonyl (C=O) groups excluding carboxylic acids is 2. The molecule has 3 aromatic rings. The van der Waals surface area contributed by atoms with Gasteiger partial charge in [0.05, 0.1) is 19.1 Å². The van der Waals surface area contributed by atoms with Crippen LogP contribution in [0.5, 0.6) is 0 Å². The van der Waals surface area contributed by atoms with Crippen LogP contribution in [-0.4, -0.2) is 47.9 Å². The van der Waals surface area contributed by atoms with E-state index in [1.54, 1.807) is 6.92 Å². The predicted molar refractivity (Wildman–Crippen MR) is 152 cm³/mol. The summed E-state index contributed by atoms with van der Waals surface area (Å²) < 4.78 is 11.6. The molecule has 3 N–H and O–H groups in total. The van der Waals surface area contributed by atoms with Gasteiger partial charge in [-0.3, -0.25) is 9.59 Å². The molecule has 8 heteroatoms. The summed E-state index contributed by atoms with van der Waals surface area (Å²) in [7, 11) is 0. The number of carboxylic acids is 1. The number of carboxylic acid groups (broad SMARTS) is 1. The Morgan fingerprint density at radius 2 is 1.40 bits per heavy atom. The maximum absolute atomic E-state index is 13.4. The number of rotatable bonds is 12. The van der Waals surface area contributed by atoms with Crippen LogP contribution in [0.25, 0.3) is 11.1 Å². The van der Waals surface area contributed by atoms with Crippen LogP contribution in [0.4, 0.5) is 4.79 Å². The standard InChI is InChI=1S/C32H36N2O6/c1-20(2)28(17-29(35)36)33-31(37)30(21(3)39-18-22-11-5-4-6-12-22)34-32(38)40-19-27-25-15-9-7-13-23(25)24-14-8-10-16-26(24)27/h4-16,20-21,27-28,30H,17-19H2,1-3H3,(H,33,37)(H,34,38)(H,35,36)/t21-,28+,30+/m0/s1. The maximum Gasteiger partial charge on any atom is 0.407 e. The number of aliphatic carboxylic acids is 1. The Labute approximate surface area is 234 Å². The Kier molecular flexibility index (Phi) is 9.56. The first-order chi connectivity index (χ1) is 19.2. The Morgan fingerprint density at radius 3 is 1.98 bits per heavy atom. The SMILES string of the molecule is CC(C)[C@@H](CC(=O)O)NC(=O)[C@H](NC(=O)OCC1c2ccccc2-c2ccccc21)[C@H](C)OCc1ccccc1. The van der Waals surface area contributed by atoms with Gasteiger partial charge in [-0.1, -0.05) is 92.7 Å². The maximum atomic E-state index is 13.4. The fraction of sp³-hybridized carbons (Fsp3) is 0.344. The second-order valence-corrected chi connectivity index (χ2v) is 10.4. The average Bonchev–Trinajstić information content (AvgIpc) is 3.27. The van der Waals surface area contributed by atoms with Crippen molar-refractivity contribution in [2.75, 3.05) is 6.61 Å². The summed E-state index contributed by atoms with van der Waals surface area (Å²) in [6, 6.07) is 23.9. The fourth-order valence-electron chi connectivity index (χ4n) is 4.98. The van der Waals surface area contributed by atoms with Gasteiger partial charge in [0.1, 0.15) is 12.6 Å². The predicted octanol–water partition coefficient (Wildman–Crippen LogP) is 5.11. The van der Waals surface area contributed by atoms with E-state index in [2.05, 4.69) is 22.8 Å². The second-order valence-electron chi connectivity index (χ2n) is 10.4. The number of nitrogens with one attached hydrogen (secondary N) is 2. The van der Waals surface area contributed by atoms with E-state index >= 15 is 0 Å². The molecule has 2 amide bonds. The highest BCUT2D eigenvalue weighted by Crippen LogP contribution is 2.44. The minimum Gasteiger partial charge on any atom is -0.481 e. The molecule has 210 valence electrons. The molecule has 1 aliphatic carbocycles. The van der Waals surface area contributed by atoms with Crippen LogP contribution in [0, 0.1) is 5.92 Å². The molecular formula is C32H36N2O6. The third-order valence-corrected chi connectivity index (χ3v) is 7.25. The van der Waals surface area contributed by atoms with Crippen LogP contribution in [0.15, 0.2) is 78.9 Å². The van der Waals surface area contributed by atoms with E-state index in [1.807, 2.05) is 80.6 Å². The largest absolute Gasteiger partial charge is 0.481 e. The Balaban J connectivity index is 1.46. The number of ether oxygens (including phenoxy) is 2. The normalized spacial score (nSPS) is 14.5. The first-order valence-electron chi connectivity index (χ1n) is 13.5. The molecule has 0 aliphatic heterocycles. The van der Waals surface area contributed by atoms with Gasteiger partial charge >= 0.3 is 12.1 Å². The van der Waals surface area contributed by atoms with Gasteiger partial charge in [0.25, 0.3) is 0 Å². The molecule has 4 rings (SSSR count). The van der Waals surface area contributed by atoms with Crippen molar-refractivity contribution in [1.82, 2.24) is 10.6 Å². The monoisotopic (exact) mass is 544 g/mol. The van der Waals surface area contributed by atoms with Gasteiger partial charge in [0, 0.05) is 12.0 Å². The van der Waals surface area contributed by atoms with Crippen molar-refractivity contribution in [2.24, 2.45) is 5.92 Å². The van der Waals surface area contributed by atoms with Crippen LogP contribution < -0.4 is 10.6 Å². The Morgan fingerprint density at radius 1 is 0.825 bits per heavy atom. The number of alkyl carbamates (subject to hydrolysis) is 1. The van der Waals surface area contributed by atoms with Crippen molar-refractivity contribution in [2.45, 2.75) is 57.9 Å². The summed E-state index contributed by atoms with van der Waals surface area (Å²) in [5.41, 5.74) is 5.31. The fourth-order valence-corrected chi connectivity index (χ4v) is 4.98. The molecule has 0 saturated heterocycles. The van der Waals surface area contributed by atoms with E-state index in [0.717, 1.165) is 27.8 Å². The van der Waals surface area contributed by atoms with Gasteiger partial charge < -0.3 is 25.2 Å². The summed E-state index contributed by atoms with van der Waals surface area (Å²) in [6.07, 6.45) is -1.71. The van der Waals surface area contributed by atoms with Gasteiger partial charge in [-0.2, -0.15) is 0 Å². The highest BCUT2D eigenvalue weighted by molar-refractivity contribution is 5.87. The Bertz CT molecular complexity index is 1280. The molecule has 0 saturated carbocycles. The summed E-state index contributed by atoms with van der Waals surface area (Å²) in [6.45, 7) is 5.69. The molecule has 1 aliphatic rings. The van der Waals surface area contributed by atoms with Crippen molar-refractivity contribution in [3.05, 3.63) is 95.6 Å². The zero-order chi connectivity index (χ0) is 28.6. The molecule has 0 radical (unpaired) electrons. The molecule has 0 aromatic heterocycles. The van der Waals surface area contributed by atoms with E-state index in [9.17, 15) is 19.5 Å². The lowest BCUT2D eigenvalue weighted by Crippen LogP contribution is -2.56. The molecule has 0 fully saturated rings. The van der Waals surface area contributed by atoms with Gasteiger partial charge in [0.2, 0.25) is 5.91 Å². The zero-order valence-electron chi connectivity index (χ0n) is 23.0. The van der Waals surface area contributed by atoms with Crippen LogP contribution in [0.2, 0.25) is 0 Å². The number of fused-ring (bicyclic) bond motifs is 3. The average molecular weight is 545 g/mol. The first-order valence-corrected chi connectivity index (χ1v) is 13.5. The van der Waals surface area contributed by atoms with Gasteiger partial charge in [-0.25, -0.2) is 4.79 Å². The topological polar surface area (TPSA) is 114 Å². The first kappa shape index (κ1) is 28.8. The van der Waals surface area contributed by atoms with Crippen molar-refractivity contribution >= 4 is 18.0 Å². The molecule has 0 bridgehead atoms. The third-order valence-electron chi connectivity index (χ3n) is 7.25. The number of hydrogen-bond donors (Lipinski definition) is 3. The molecule has 8 nitrogen and oxygen atoms in total. The number of hydrogen-bond acceptors (Lipinski definition) is 5. The smallest absolute Gasteiger partial charge is 0.407 e. The lowest BCUT2D eigenvalue weighted by Gasteiger charge is -2.28. The van der Waals surface area contributed by atoms with E-state index in [0.29, 0.717) is 0 Å². The quantitative estimate of drug-likeness (QED) is 0.292. The van der Waals surface area contributed by atoms with E-state index in [-0.39, 0.29) is 31.5 Å². The van der Waals surface area contributed by atoms with Crippen molar-refractivity contribution in [1.29, 1.82) is 0 Å². The van der Waals surface area contributed by atoms with E-state index in [1.165, 1.54) is 0 Å². The number of benzene rings is 3. The highest BCUT2D eigenvalue weighted by Gasteiger charge is 2.33. The lowest BCUT2D eigenvalue weighted by atomic mass is 9.98. The van der Waals surface area contributed by atoms with Crippen LogP contribution >= 0.6 is 0 Å². The summed E-state index contributed by atoms with van der Waals surface area (Å²) in [4.78, 5) is 37.8. The Hall–Kier alpha value is -4.17. The molecule has 40 heavy (non-hydrogen) atoms. The number of carbonyl (C=O) groups is 3. The summed E-state index contributed by atoms with van der Waals surface area (Å²) >= 11 is 0. The van der Waals surface area contributed by atoms with Crippen LogP contribution in [0.1, 0.15) is 49.8 Å². The third kappa shape index (κ3) is 7.07. The number of amides is 2. The molecule has 0 unspecified atom stereocenters.